The van der Waals surface area contributed by atoms with Crippen LogP contribution in [-0.2, 0) is 23.1 Å². The van der Waals surface area contributed by atoms with Gasteiger partial charge in [-0.3, -0.25) is 19.4 Å². The Labute approximate surface area is 188 Å². The van der Waals surface area contributed by atoms with Crippen molar-refractivity contribution in [3.63, 3.8) is 0 Å². The predicted molar refractivity (Wildman–Crippen MR) is 126 cm³/mol. The quantitative estimate of drug-likeness (QED) is 0.602. The predicted octanol–water partition coefficient (Wildman–Crippen LogP) is 3.74. The minimum atomic E-state index is -0.186. The van der Waals surface area contributed by atoms with Crippen molar-refractivity contribution in [3.05, 3.63) is 72.3 Å². The number of rotatable bonds is 6. The van der Waals surface area contributed by atoms with Gasteiger partial charge in [-0.05, 0) is 49.2 Å². The Morgan fingerprint density at radius 2 is 1.91 bits per heavy atom. The van der Waals surface area contributed by atoms with E-state index in [-0.39, 0.29) is 18.1 Å². The minimum Gasteiger partial charge on any atom is -0.373 e. The van der Waals surface area contributed by atoms with Gasteiger partial charge in [0.1, 0.15) is 0 Å². The van der Waals surface area contributed by atoms with E-state index in [1.807, 2.05) is 31.4 Å². The molecule has 7 heteroatoms. The Hall–Kier alpha value is -3.29. The third-order valence-corrected chi connectivity index (χ3v) is 5.40. The molecule has 3 heterocycles. The number of anilines is 1. The molecule has 2 aromatic heterocycles. The lowest BCUT2D eigenvalue weighted by molar-refractivity contribution is -0.111. The number of amides is 1. The normalized spacial score (nSPS) is 19.3. The van der Waals surface area contributed by atoms with Gasteiger partial charge in [-0.25, -0.2) is 0 Å². The molecule has 1 amide bonds. The summed E-state index contributed by atoms with van der Waals surface area (Å²) in [5.41, 5.74) is 4.81. The number of nitrogens with zero attached hydrogens (tertiary/aromatic N) is 4. The van der Waals surface area contributed by atoms with Gasteiger partial charge in [0.15, 0.2) is 0 Å². The van der Waals surface area contributed by atoms with Gasteiger partial charge < -0.3 is 10.1 Å². The third kappa shape index (κ3) is 5.69. The molecule has 166 valence electrons. The van der Waals surface area contributed by atoms with E-state index in [4.69, 9.17) is 4.74 Å². The Kier molecular flexibility index (Phi) is 6.78. The topological polar surface area (TPSA) is 72.3 Å². The van der Waals surface area contributed by atoms with Gasteiger partial charge in [0, 0.05) is 68.2 Å². The van der Waals surface area contributed by atoms with E-state index < -0.39 is 0 Å². The van der Waals surface area contributed by atoms with Crippen molar-refractivity contribution in [1.29, 1.82) is 0 Å². The lowest BCUT2D eigenvalue weighted by atomic mass is 10.0. The van der Waals surface area contributed by atoms with Gasteiger partial charge >= 0.3 is 0 Å². The number of carbonyl (C=O) groups excluding carboxylic acids is 1. The van der Waals surface area contributed by atoms with Crippen LogP contribution >= 0.6 is 0 Å². The molecule has 1 N–H and O–H groups in total. The maximum atomic E-state index is 12.5. The standard InChI is InChI=1S/C25H29N5O2/c1-18-14-30(15-19(2)32-18)16-20-4-7-23(8-5-20)28-25(31)9-6-21-12-26-11-10-24(21)22-13-27-29(3)17-22/h4-13,17-19H,14-16H2,1-3H3,(H,28,31)/b9-6+/t18-,19+. The maximum Gasteiger partial charge on any atom is 0.248 e. The van der Waals surface area contributed by atoms with Crippen LogP contribution in [-0.4, -0.2) is 50.9 Å². The zero-order valence-electron chi connectivity index (χ0n) is 18.7. The average molecular weight is 432 g/mol. The molecular weight excluding hydrogens is 402 g/mol. The molecule has 0 aliphatic carbocycles. The summed E-state index contributed by atoms with van der Waals surface area (Å²) >= 11 is 0. The average Bonchev–Trinajstić information content (AvgIpc) is 3.19. The first kappa shape index (κ1) is 21.9. The summed E-state index contributed by atoms with van der Waals surface area (Å²) in [5.74, 6) is -0.186. The maximum absolute atomic E-state index is 12.5. The van der Waals surface area contributed by atoms with Crippen molar-refractivity contribution < 1.29 is 9.53 Å². The van der Waals surface area contributed by atoms with Crippen molar-refractivity contribution in [2.45, 2.75) is 32.6 Å². The van der Waals surface area contributed by atoms with E-state index in [2.05, 4.69) is 46.3 Å². The monoisotopic (exact) mass is 431 g/mol. The molecule has 0 unspecified atom stereocenters. The Balaban J connectivity index is 1.36. The van der Waals surface area contributed by atoms with Crippen molar-refractivity contribution in [2.24, 2.45) is 7.05 Å². The molecule has 4 rings (SSSR count). The van der Waals surface area contributed by atoms with Crippen molar-refractivity contribution >= 4 is 17.7 Å². The smallest absolute Gasteiger partial charge is 0.248 e. The number of morpholine rings is 1. The lowest BCUT2D eigenvalue weighted by Crippen LogP contribution is -2.44. The van der Waals surface area contributed by atoms with Gasteiger partial charge in [0.05, 0.1) is 18.4 Å². The number of hydrogen-bond donors (Lipinski definition) is 1. The fourth-order valence-electron chi connectivity index (χ4n) is 4.08. The Bertz CT molecular complexity index is 1080. The molecule has 0 radical (unpaired) electrons. The lowest BCUT2D eigenvalue weighted by Gasteiger charge is -2.35. The second-order valence-electron chi connectivity index (χ2n) is 8.34. The first-order valence-electron chi connectivity index (χ1n) is 10.8. The number of ether oxygens (including phenoxy) is 1. The molecule has 32 heavy (non-hydrogen) atoms. The zero-order chi connectivity index (χ0) is 22.5. The van der Waals surface area contributed by atoms with E-state index in [0.29, 0.717) is 0 Å². The Morgan fingerprint density at radius 3 is 2.59 bits per heavy atom. The fraction of sp³-hybridized carbons (Fsp3) is 0.320. The molecule has 1 fully saturated rings. The third-order valence-electron chi connectivity index (χ3n) is 5.40. The molecule has 3 aromatic rings. The summed E-state index contributed by atoms with van der Waals surface area (Å²) in [7, 11) is 1.88. The fourth-order valence-corrected chi connectivity index (χ4v) is 4.08. The molecule has 2 atom stereocenters. The molecule has 0 bridgehead atoms. The molecule has 1 aromatic carbocycles. The van der Waals surface area contributed by atoms with Crippen molar-refractivity contribution in [3.8, 4) is 11.1 Å². The summed E-state index contributed by atoms with van der Waals surface area (Å²) < 4.78 is 7.55. The summed E-state index contributed by atoms with van der Waals surface area (Å²) in [6.45, 7) is 6.97. The number of benzene rings is 1. The molecule has 0 spiro atoms. The number of aryl methyl sites for hydroxylation is 1. The molecule has 0 saturated carbocycles. The molecule has 7 nitrogen and oxygen atoms in total. The van der Waals surface area contributed by atoms with Crippen LogP contribution in [0.5, 0.6) is 0 Å². The first-order chi connectivity index (χ1) is 15.5. The molecule has 1 saturated heterocycles. The van der Waals surface area contributed by atoms with Crippen LogP contribution in [0.3, 0.4) is 0 Å². The highest BCUT2D eigenvalue weighted by Crippen LogP contribution is 2.23. The van der Waals surface area contributed by atoms with E-state index in [1.54, 1.807) is 29.3 Å². The van der Waals surface area contributed by atoms with Gasteiger partial charge in [-0.15, -0.1) is 0 Å². The molecule has 1 aliphatic heterocycles. The van der Waals surface area contributed by atoms with Crippen LogP contribution in [0.25, 0.3) is 17.2 Å². The zero-order valence-corrected chi connectivity index (χ0v) is 18.7. The van der Waals surface area contributed by atoms with Crippen molar-refractivity contribution in [2.75, 3.05) is 18.4 Å². The number of pyridine rings is 1. The minimum absolute atomic E-state index is 0.186. The van der Waals surface area contributed by atoms with Crippen LogP contribution in [0.4, 0.5) is 5.69 Å². The highest BCUT2D eigenvalue weighted by Gasteiger charge is 2.21. The van der Waals surface area contributed by atoms with E-state index >= 15 is 0 Å². The highest BCUT2D eigenvalue weighted by molar-refractivity contribution is 6.02. The van der Waals surface area contributed by atoms with Gasteiger partial charge in [0.2, 0.25) is 5.91 Å². The highest BCUT2D eigenvalue weighted by atomic mass is 16.5. The largest absolute Gasteiger partial charge is 0.373 e. The first-order valence-corrected chi connectivity index (χ1v) is 10.8. The summed E-state index contributed by atoms with van der Waals surface area (Å²) in [6.07, 6.45) is 11.0. The second kappa shape index (κ2) is 9.89. The van der Waals surface area contributed by atoms with Gasteiger partial charge in [0.25, 0.3) is 0 Å². The number of aromatic nitrogens is 3. The Morgan fingerprint density at radius 1 is 1.16 bits per heavy atom. The number of carbonyl (C=O) groups is 1. The number of hydrogen-bond acceptors (Lipinski definition) is 5. The van der Waals surface area contributed by atoms with Crippen molar-refractivity contribution in [1.82, 2.24) is 19.7 Å². The van der Waals surface area contributed by atoms with Crippen LogP contribution < -0.4 is 5.32 Å². The van der Waals surface area contributed by atoms with E-state index in [9.17, 15) is 4.79 Å². The van der Waals surface area contributed by atoms with Gasteiger partial charge in [-0.1, -0.05) is 12.1 Å². The van der Waals surface area contributed by atoms with Crippen LogP contribution in [0, 0.1) is 0 Å². The number of nitrogens with one attached hydrogen (secondary N) is 1. The van der Waals surface area contributed by atoms with E-state index in [0.717, 1.165) is 42.0 Å². The molecule has 1 aliphatic rings. The van der Waals surface area contributed by atoms with Crippen LogP contribution in [0.15, 0.2) is 61.2 Å². The van der Waals surface area contributed by atoms with Gasteiger partial charge in [-0.2, -0.15) is 5.10 Å². The summed E-state index contributed by atoms with van der Waals surface area (Å²) in [6, 6.07) is 9.93. The van der Waals surface area contributed by atoms with E-state index in [1.165, 1.54) is 11.6 Å². The van der Waals surface area contributed by atoms with Crippen LogP contribution in [0.1, 0.15) is 25.0 Å². The van der Waals surface area contributed by atoms with Crippen LogP contribution in [0.2, 0.25) is 0 Å². The summed E-state index contributed by atoms with van der Waals surface area (Å²) in [4.78, 5) is 19.0. The SMILES string of the molecule is C[C@@H]1CN(Cc2ccc(NC(=O)/C=C/c3cnccc3-c3cnn(C)c3)cc2)C[C@H](C)O1. The molecular formula is C25H29N5O2. The summed E-state index contributed by atoms with van der Waals surface area (Å²) in [5, 5.41) is 7.14. The second-order valence-corrected chi connectivity index (χ2v) is 8.34.